The number of methoxy groups -OCH3 is 1. The fourth-order valence-electron chi connectivity index (χ4n) is 2.49. The summed E-state index contributed by atoms with van der Waals surface area (Å²) in [5, 5.41) is 10.7. The molecule has 26 heavy (non-hydrogen) atoms. The molecule has 8 nitrogen and oxygen atoms in total. The maximum absolute atomic E-state index is 13.0. The first-order valence-electron chi connectivity index (χ1n) is 7.70. The summed E-state index contributed by atoms with van der Waals surface area (Å²) in [6.07, 6.45) is 0.691. The molecular formula is C16H15N3O5S2. The van der Waals surface area contributed by atoms with Gasteiger partial charge in [0.2, 0.25) is 0 Å². The highest BCUT2D eigenvalue weighted by Gasteiger charge is 2.25. The third kappa shape index (κ3) is 3.47. The van der Waals surface area contributed by atoms with Crippen LogP contribution in [0, 0.1) is 10.1 Å². The molecule has 1 aliphatic heterocycles. The second-order valence-corrected chi connectivity index (χ2v) is 7.88. The molecule has 1 aliphatic rings. The van der Waals surface area contributed by atoms with Gasteiger partial charge in [-0.25, -0.2) is 4.98 Å². The molecule has 1 aromatic heterocycles. The van der Waals surface area contributed by atoms with Crippen molar-refractivity contribution in [1.82, 2.24) is 9.55 Å². The van der Waals surface area contributed by atoms with Crippen LogP contribution in [0.5, 0.6) is 0 Å². The number of ether oxygens (including phenoxy) is 1. The highest BCUT2D eigenvalue weighted by Crippen LogP contribution is 2.31. The molecule has 1 unspecified atom stereocenters. The van der Waals surface area contributed by atoms with E-state index in [-0.39, 0.29) is 11.2 Å². The topological polar surface area (TPSA) is 104 Å². The third-order valence-corrected chi connectivity index (χ3v) is 5.94. The Balaban J connectivity index is 2.11. The second kappa shape index (κ2) is 7.50. The van der Waals surface area contributed by atoms with E-state index in [1.165, 1.54) is 47.7 Å². The van der Waals surface area contributed by atoms with Gasteiger partial charge in [0, 0.05) is 24.3 Å². The summed E-state index contributed by atoms with van der Waals surface area (Å²) < 4.78 is 6.13. The Hall–Kier alpha value is -2.33. The number of nitrogens with zero attached hydrogens (tertiary/aromatic N) is 3. The standard InChI is InChI=1S/C16H15N3O5S2/c1-9(15(21)24-2)26-16-17-12-7-8-25-13(12)14(20)18(16)10-3-5-11(6-4-10)19(22)23/h3-6,9H,7-8H2,1-2H3. The van der Waals surface area contributed by atoms with E-state index in [1.54, 1.807) is 6.92 Å². The van der Waals surface area contributed by atoms with Gasteiger partial charge in [-0.3, -0.25) is 24.3 Å². The molecule has 0 radical (unpaired) electrons. The Morgan fingerprint density at radius 2 is 2.12 bits per heavy atom. The molecule has 1 aromatic carbocycles. The van der Waals surface area contributed by atoms with Crippen molar-refractivity contribution < 1.29 is 14.5 Å². The van der Waals surface area contributed by atoms with Crippen LogP contribution in [0.4, 0.5) is 5.69 Å². The summed E-state index contributed by atoms with van der Waals surface area (Å²) in [5.41, 5.74) is 0.883. The van der Waals surface area contributed by atoms with E-state index in [4.69, 9.17) is 4.74 Å². The van der Waals surface area contributed by atoms with Crippen LogP contribution in [0.2, 0.25) is 0 Å². The van der Waals surface area contributed by atoms with Gasteiger partial charge < -0.3 is 4.74 Å². The Morgan fingerprint density at radius 3 is 2.73 bits per heavy atom. The maximum Gasteiger partial charge on any atom is 0.318 e. The fraction of sp³-hybridized carbons (Fsp3) is 0.312. The third-order valence-electron chi connectivity index (χ3n) is 3.80. The van der Waals surface area contributed by atoms with Crippen molar-refractivity contribution in [2.75, 3.05) is 12.9 Å². The number of benzene rings is 1. The van der Waals surface area contributed by atoms with Gasteiger partial charge in [-0.15, -0.1) is 11.8 Å². The Bertz CT molecular complexity index is 927. The van der Waals surface area contributed by atoms with Gasteiger partial charge in [-0.2, -0.15) is 0 Å². The molecule has 0 aliphatic carbocycles. The normalized spacial score (nSPS) is 13.9. The number of esters is 1. The monoisotopic (exact) mass is 393 g/mol. The molecule has 0 N–H and O–H groups in total. The molecule has 0 amide bonds. The minimum Gasteiger partial charge on any atom is -0.468 e. The van der Waals surface area contributed by atoms with Crippen molar-refractivity contribution in [3.05, 3.63) is 50.4 Å². The van der Waals surface area contributed by atoms with Gasteiger partial charge in [-0.05, 0) is 19.1 Å². The molecule has 2 aromatic rings. The number of fused-ring (bicyclic) bond motifs is 1. The largest absolute Gasteiger partial charge is 0.468 e. The first kappa shape index (κ1) is 18.5. The van der Waals surface area contributed by atoms with E-state index >= 15 is 0 Å². The van der Waals surface area contributed by atoms with Gasteiger partial charge in [0.1, 0.15) is 5.25 Å². The zero-order valence-electron chi connectivity index (χ0n) is 14.0. The summed E-state index contributed by atoms with van der Waals surface area (Å²) >= 11 is 2.57. The molecule has 3 rings (SSSR count). The fourth-order valence-corrected chi connectivity index (χ4v) is 4.49. The van der Waals surface area contributed by atoms with Crippen molar-refractivity contribution in [3.8, 4) is 5.69 Å². The number of thioether (sulfide) groups is 2. The molecule has 10 heteroatoms. The highest BCUT2D eigenvalue weighted by molar-refractivity contribution is 8.00. The minimum atomic E-state index is -0.552. The number of nitro benzene ring substituents is 1. The van der Waals surface area contributed by atoms with Crippen molar-refractivity contribution in [1.29, 1.82) is 0 Å². The number of carbonyl (C=O) groups is 1. The molecule has 0 saturated carbocycles. The number of aromatic nitrogens is 2. The van der Waals surface area contributed by atoms with Crippen LogP contribution >= 0.6 is 23.5 Å². The minimum absolute atomic E-state index is 0.0672. The Labute approximate surface area is 157 Å². The van der Waals surface area contributed by atoms with E-state index in [0.29, 0.717) is 22.2 Å². The lowest BCUT2D eigenvalue weighted by Gasteiger charge is -2.15. The van der Waals surface area contributed by atoms with E-state index in [2.05, 4.69) is 4.98 Å². The van der Waals surface area contributed by atoms with Crippen LogP contribution < -0.4 is 5.56 Å². The predicted octanol–water partition coefficient (Wildman–Crippen LogP) is 2.44. The first-order valence-corrected chi connectivity index (χ1v) is 9.57. The van der Waals surface area contributed by atoms with Crippen LogP contribution in [0.3, 0.4) is 0 Å². The lowest BCUT2D eigenvalue weighted by Crippen LogP contribution is -2.25. The lowest BCUT2D eigenvalue weighted by molar-refractivity contribution is -0.384. The number of nitro groups is 1. The summed E-state index contributed by atoms with van der Waals surface area (Å²) in [6, 6.07) is 5.67. The van der Waals surface area contributed by atoms with Crippen LogP contribution in [0.1, 0.15) is 12.6 Å². The summed E-state index contributed by atoms with van der Waals surface area (Å²) in [7, 11) is 1.30. The van der Waals surface area contributed by atoms with Gasteiger partial charge >= 0.3 is 5.97 Å². The van der Waals surface area contributed by atoms with Crippen LogP contribution in [0.15, 0.2) is 39.1 Å². The first-order chi connectivity index (χ1) is 12.4. The molecule has 0 bridgehead atoms. The van der Waals surface area contributed by atoms with Crippen molar-refractivity contribution in [2.45, 2.75) is 28.6 Å². The molecule has 0 fully saturated rings. The molecule has 136 valence electrons. The Morgan fingerprint density at radius 1 is 1.42 bits per heavy atom. The van der Waals surface area contributed by atoms with E-state index < -0.39 is 16.1 Å². The zero-order valence-corrected chi connectivity index (χ0v) is 15.6. The summed E-state index contributed by atoms with van der Waals surface area (Å²) in [6.45, 7) is 1.67. The summed E-state index contributed by atoms with van der Waals surface area (Å²) in [4.78, 5) is 40.2. The quantitative estimate of drug-likeness (QED) is 0.251. The van der Waals surface area contributed by atoms with E-state index in [9.17, 15) is 19.7 Å². The van der Waals surface area contributed by atoms with Crippen LogP contribution in [0.25, 0.3) is 5.69 Å². The van der Waals surface area contributed by atoms with Crippen molar-refractivity contribution in [3.63, 3.8) is 0 Å². The Kier molecular flexibility index (Phi) is 5.33. The van der Waals surface area contributed by atoms with E-state index in [1.807, 2.05) is 0 Å². The number of aryl methyl sites for hydroxylation is 1. The molecule has 0 spiro atoms. The van der Waals surface area contributed by atoms with Crippen LogP contribution in [-0.4, -0.2) is 38.6 Å². The predicted molar refractivity (Wildman–Crippen MR) is 98.3 cm³/mol. The number of carbonyl (C=O) groups excluding carboxylic acids is 1. The summed E-state index contributed by atoms with van der Waals surface area (Å²) in [5.74, 6) is 0.354. The number of non-ortho nitro benzene ring substituents is 1. The van der Waals surface area contributed by atoms with Gasteiger partial charge in [0.15, 0.2) is 5.16 Å². The van der Waals surface area contributed by atoms with E-state index in [0.717, 1.165) is 23.2 Å². The average molecular weight is 393 g/mol. The molecular weight excluding hydrogens is 378 g/mol. The second-order valence-electron chi connectivity index (χ2n) is 5.47. The van der Waals surface area contributed by atoms with Gasteiger partial charge in [-0.1, -0.05) is 11.8 Å². The van der Waals surface area contributed by atoms with Gasteiger partial charge in [0.25, 0.3) is 11.2 Å². The van der Waals surface area contributed by atoms with Crippen LogP contribution in [-0.2, 0) is 16.0 Å². The molecule has 2 heterocycles. The lowest BCUT2D eigenvalue weighted by atomic mass is 10.2. The number of hydrogen-bond acceptors (Lipinski definition) is 8. The molecule has 0 saturated heterocycles. The highest BCUT2D eigenvalue weighted by atomic mass is 32.2. The number of hydrogen-bond donors (Lipinski definition) is 0. The average Bonchev–Trinajstić information content (AvgIpc) is 3.10. The smallest absolute Gasteiger partial charge is 0.318 e. The maximum atomic E-state index is 13.0. The van der Waals surface area contributed by atoms with Crippen molar-refractivity contribution >= 4 is 35.2 Å². The number of rotatable bonds is 5. The van der Waals surface area contributed by atoms with Crippen molar-refractivity contribution in [2.24, 2.45) is 0 Å². The zero-order chi connectivity index (χ0) is 18.8. The SMILES string of the molecule is COC(=O)C(C)Sc1nc2c(c(=O)n1-c1ccc([N+](=O)[O-])cc1)SCC2. The van der Waals surface area contributed by atoms with Gasteiger partial charge in [0.05, 0.1) is 28.3 Å². The molecule has 1 atom stereocenters.